The van der Waals surface area contributed by atoms with Gasteiger partial charge in [0.15, 0.2) is 0 Å². The van der Waals surface area contributed by atoms with E-state index in [0.29, 0.717) is 6.54 Å². The number of ether oxygens (including phenoxy) is 1. The third-order valence-corrected chi connectivity index (χ3v) is 3.36. The van der Waals surface area contributed by atoms with Crippen LogP contribution in [0.1, 0.15) is 18.4 Å². The molecule has 1 heterocycles. The van der Waals surface area contributed by atoms with Crippen molar-refractivity contribution in [3.05, 3.63) is 29.8 Å². The fourth-order valence-corrected chi connectivity index (χ4v) is 2.41. The molecule has 1 fully saturated rings. The zero-order chi connectivity index (χ0) is 14.5. The minimum Gasteiger partial charge on any atom is -0.364 e. The van der Waals surface area contributed by atoms with E-state index < -0.39 is 0 Å². The number of nitrogens with two attached hydrogens (primary N) is 1. The topological polar surface area (TPSA) is 67.6 Å². The summed E-state index contributed by atoms with van der Waals surface area (Å²) in [6.45, 7) is 1.32. The highest BCUT2D eigenvalue weighted by molar-refractivity contribution is 5.94. The number of rotatable bonds is 5. The number of nitrogens with zero attached hydrogens (tertiary/aromatic N) is 1. The normalized spacial score (nSPS) is 22.2. The lowest BCUT2D eigenvalue weighted by Gasteiger charge is -2.14. The maximum atomic E-state index is 12.1. The monoisotopic (exact) mass is 277 g/mol. The van der Waals surface area contributed by atoms with Gasteiger partial charge in [-0.1, -0.05) is 12.1 Å². The molecule has 2 atom stereocenters. The Morgan fingerprint density at radius 3 is 2.90 bits per heavy atom. The van der Waals surface area contributed by atoms with E-state index in [2.05, 4.69) is 10.2 Å². The van der Waals surface area contributed by atoms with Gasteiger partial charge in [-0.2, -0.15) is 0 Å². The fraction of sp³-hybridized carbons (Fsp3) is 0.533. The molecule has 1 aromatic carbocycles. The maximum Gasteiger partial charge on any atom is 0.253 e. The van der Waals surface area contributed by atoms with Crippen LogP contribution in [0.25, 0.3) is 0 Å². The van der Waals surface area contributed by atoms with Crippen molar-refractivity contribution < 1.29 is 9.53 Å². The Morgan fingerprint density at radius 1 is 1.45 bits per heavy atom. The predicted molar refractivity (Wildman–Crippen MR) is 79.4 cm³/mol. The molecule has 1 saturated heterocycles. The second-order valence-corrected chi connectivity index (χ2v) is 5.49. The van der Waals surface area contributed by atoms with E-state index in [4.69, 9.17) is 10.5 Å². The highest BCUT2D eigenvalue weighted by Crippen LogP contribution is 2.21. The zero-order valence-corrected chi connectivity index (χ0v) is 12.1. The van der Waals surface area contributed by atoms with Crippen molar-refractivity contribution in [1.29, 1.82) is 0 Å². The third kappa shape index (κ3) is 4.03. The second kappa shape index (κ2) is 6.83. The van der Waals surface area contributed by atoms with Gasteiger partial charge in [0.2, 0.25) is 0 Å². The minimum absolute atomic E-state index is 0.0193. The van der Waals surface area contributed by atoms with Gasteiger partial charge in [-0.3, -0.25) is 4.79 Å². The van der Waals surface area contributed by atoms with Crippen LogP contribution in [0.3, 0.4) is 0 Å². The molecule has 2 unspecified atom stereocenters. The standard InChI is InChI=1S/C15H23N3O2/c1-18(2)10-11-4-3-5-12(8-11)17-15(19)14-7-6-13(9-16)20-14/h3-5,8,13-14H,6-7,9-10,16H2,1-2H3,(H,17,19). The van der Waals surface area contributed by atoms with Crippen LogP contribution in [0.5, 0.6) is 0 Å². The van der Waals surface area contributed by atoms with Gasteiger partial charge >= 0.3 is 0 Å². The summed E-state index contributed by atoms with van der Waals surface area (Å²) in [6.07, 6.45) is 1.24. The number of anilines is 1. The van der Waals surface area contributed by atoms with Gasteiger partial charge in [0.25, 0.3) is 5.91 Å². The van der Waals surface area contributed by atoms with E-state index in [9.17, 15) is 4.79 Å². The first-order valence-electron chi connectivity index (χ1n) is 6.98. The average Bonchev–Trinajstić information content (AvgIpc) is 2.87. The molecule has 0 aliphatic carbocycles. The summed E-state index contributed by atoms with van der Waals surface area (Å²) in [4.78, 5) is 14.2. The molecule has 20 heavy (non-hydrogen) atoms. The number of carbonyl (C=O) groups is 1. The van der Waals surface area contributed by atoms with Gasteiger partial charge in [0.1, 0.15) is 6.10 Å². The quantitative estimate of drug-likeness (QED) is 0.848. The number of nitrogens with one attached hydrogen (secondary N) is 1. The molecule has 5 nitrogen and oxygen atoms in total. The summed E-state index contributed by atoms with van der Waals surface area (Å²) in [7, 11) is 4.04. The molecule has 0 spiro atoms. The SMILES string of the molecule is CN(C)Cc1cccc(NC(=O)C2CCC(CN)O2)c1. The van der Waals surface area contributed by atoms with Gasteiger partial charge in [0.05, 0.1) is 6.10 Å². The molecule has 0 radical (unpaired) electrons. The third-order valence-electron chi connectivity index (χ3n) is 3.36. The van der Waals surface area contributed by atoms with E-state index in [1.54, 1.807) is 0 Å². The first-order valence-corrected chi connectivity index (χ1v) is 6.98. The molecule has 5 heteroatoms. The van der Waals surface area contributed by atoms with Crippen LogP contribution in [-0.2, 0) is 16.1 Å². The van der Waals surface area contributed by atoms with Crippen LogP contribution < -0.4 is 11.1 Å². The number of hydrogen-bond donors (Lipinski definition) is 2. The molecule has 3 N–H and O–H groups in total. The Balaban J connectivity index is 1.94. The van der Waals surface area contributed by atoms with E-state index in [0.717, 1.165) is 25.1 Å². The number of amides is 1. The molecule has 0 saturated carbocycles. The minimum atomic E-state index is -0.374. The first-order chi connectivity index (χ1) is 9.58. The fourth-order valence-electron chi connectivity index (χ4n) is 2.41. The molecular weight excluding hydrogens is 254 g/mol. The summed E-state index contributed by atoms with van der Waals surface area (Å²) in [5, 5.41) is 2.92. The van der Waals surface area contributed by atoms with Gasteiger partial charge in [-0.05, 0) is 44.6 Å². The molecule has 2 rings (SSSR count). The molecule has 0 bridgehead atoms. The van der Waals surface area contributed by atoms with E-state index >= 15 is 0 Å². The second-order valence-electron chi connectivity index (χ2n) is 5.49. The average molecular weight is 277 g/mol. The Morgan fingerprint density at radius 2 is 2.25 bits per heavy atom. The molecule has 1 aliphatic heterocycles. The molecular formula is C15H23N3O2. The van der Waals surface area contributed by atoms with Crippen LogP contribution >= 0.6 is 0 Å². The zero-order valence-electron chi connectivity index (χ0n) is 12.1. The lowest BCUT2D eigenvalue weighted by molar-refractivity contribution is -0.126. The van der Waals surface area contributed by atoms with Crippen molar-refractivity contribution in [2.24, 2.45) is 5.73 Å². The molecule has 1 aromatic rings. The summed E-state index contributed by atoms with van der Waals surface area (Å²) in [5.74, 6) is -0.0806. The van der Waals surface area contributed by atoms with E-state index in [-0.39, 0.29) is 18.1 Å². The van der Waals surface area contributed by atoms with Crippen LogP contribution in [0.2, 0.25) is 0 Å². The van der Waals surface area contributed by atoms with Crippen LogP contribution in [0.4, 0.5) is 5.69 Å². The van der Waals surface area contributed by atoms with Crippen LogP contribution in [0, 0.1) is 0 Å². The van der Waals surface area contributed by atoms with Crippen molar-refractivity contribution >= 4 is 11.6 Å². The lowest BCUT2D eigenvalue weighted by Crippen LogP contribution is -2.29. The summed E-state index contributed by atoms with van der Waals surface area (Å²) < 4.78 is 5.59. The summed E-state index contributed by atoms with van der Waals surface area (Å²) >= 11 is 0. The Labute approximate surface area is 120 Å². The van der Waals surface area contributed by atoms with E-state index in [1.807, 2.05) is 38.4 Å². The van der Waals surface area contributed by atoms with Gasteiger partial charge in [-0.25, -0.2) is 0 Å². The summed E-state index contributed by atoms with van der Waals surface area (Å²) in [5.41, 5.74) is 7.53. The van der Waals surface area contributed by atoms with Gasteiger partial charge < -0.3 is 20.7 Å². The van der Waals surface area contributed by atoms with E-state index in [1.165, 1.54) is 5.56 Å². The predicted octanol–water partition coefficient (Wildman–Crippen LogP) is 1.19. The summed E-state index contributed by atoms with van der Waals surface area (Å²) in [6, 6.07) is 7.89. The molecule has 110 valence electrons. The smallest absolute Gasteiger partial charge is 0.253 e. The van der Waals surface area contributed by atoms with Crippen molar-refractivity contribution in [3.8, 4) is 0 Å². The Hall–Kier alpha value is -1.43. The van der Waals surface area contributed by atoms with Crippen molar-refractivity contribution in [3.63, 3.8) is 0 Å². The Kier molecular flexibility index (Phi) is 5.11. The maximum absolute atomic E-state index is 12.1. The van der Waals surface area contributed by atoms with Crippen molar-refractivity contribution in [2.45, 2.75) is 31.6 Å². The lowest BCUT2D eigenvalue weighted by atomic mass is 10.1. The molecule has 1 amide bonds. The van der Waals surface area contributed by atoms with Crippen LogP contribution in [-0.4, -0.2) is 43.7 Å². The highest BCUT2D eigenvalue weighted by Gasteiger charge is 2.29. The first kappa shape index (κ1) is 15.0. The number of hydrogen-bond acceptors (Lipinski definition) is 4. The van der Waals surface area contributed by atoms with Gasteiger partial charge in [0, 0.05) is 18.8 Å². The largest absolute Gasteiger partial charge is 0.364 e. The van der Waals surface area contributed by atoms with Crippen LogP contribution in [0.15, 0.2) is 24.3 Å². The van der Waals surface area contributed by atoms with Crippen molar-refractivity contribution in [1.82, 2.24) is 4.90 Å². The molecule has 0 aromatic heterocycles. The Bertz CT molecular complexity index is 462. The molecule has 1 aliphatic rings. The number of benzene rings is 1. The van der Waals surface area contributed by atoms with Gasteiger partial charge in [-0.15, -0.1) is 0 Å². The number of carbonyl (C=O) groups excluding carboxylic acids is 1. The highest BCUT2D eigenvalue weighted by atomic mass is 16.5. The van der Waals surface area contributed by atoms with Crippen molar-refractivity contribution in [2.75, 3.05) is 26.0 Å².